The van der Waals surface area contributed by atoms with E-state index in [-0.39, 0.29) is 41.0 Å². The van der Waals surface area contributed by atoms with Crippen LogP contribution in [0.15, 0.2) is 0 Å². The molecular weight excluding hydrogens is 356 g/mol. The lowest BCUT2D eigenvalue weighted by molar-refractivity contribution is -0.239. The summed E-state index contributed by atoms with van der Waals surface area (Å²) >= 11 is 0. The molecule has 8 saturated carbocycles. The molecule has 5 nitrogen and oxygen atoms in total. The first-order valence-corrected chi connectivity index (χ1v) is 11.4. The van der Waals surface area contributed by atoms with Crippen LogP contribution in [-0.2, 0) is 19.1 Å². The van der Waals surface area contributed by atoms with Crippen molar-refractivity contribution in [2.24, 2.45) is 35.0 Å². The Morgan fingerprint density at radius 2 is 1.71 bits per heavy atom. The van der Waals surface area contributed by atoms with Crippen LogP contribution >= 0.6 is 0 Å². The summed E-state index contributed by atoms with van der Waals surface area (Å²) in [5, 5.41) is 10.9. The molecule has 8 aliphatic carbocycles. The van der Waals surface area contributed by atoms with E-state index in [4.69, 9.17) is 9.47 Å². The maximum atomic E-state index is 12.8. The Morgan fingerprint density at radius 1 is 0.964 bits per heavy atom. The number of Topliss-reactive ketones (excluding diaryl/α,β-unsaturated/α-hetero) is 1. The summed E-state index contributed by atoms with van der Waals surface area (Å²) in [4.78, 5) is 25.4. The zero-order chi connectivity index (χ0) is 18.9. The quantitative estimate of drug-likeness (QED) is 0.752. The molecule has 1 N–H and O–H groups in total. The van der Waals surface area contributed by atoms with Crippen LogP contribution in [0.1, 0.15) is 70.6 Å². The minimum atomic E-state index is -0.575. The van der Waals surface area contributed by atoms with Crippen molar-refractivity contribution < 1.29 is 24.2 Å². The van der Waals surface area contributed by atoms with Gasteiger partial charge in [-0.3, -0.25) is 4.79 Å². The average Bonchev–Trinajstić information content (AvgIpc) is 2.97. The Morgan fingerprint density at radius 3 is 2.46 bits per heavy atom. The smallest absolute Gasteiger partial charge is 0.332 e. The number of hydrogen-bond donors (Lipinski definition) is 1. The van der Waals surface area contributed by atoms with Crippen LogP contribution in [-0.4, -0.2) is 40.3 Å². The second-order valence-corrected chi connectivity index (χ2v) is 11.8. The first kappa shape index (κ1) is 16.8. The van der Waals surface area contributed by atoms with Gasteiger partial charge in [-0.05, 0) is 82.0 Å². The molecule has 8 fully saturated rings. The Balaban J connectivity index is 1.06. The molecular formula is C23H30O5. The topological polar surface area (TPSA) is 72.8 Å². The number of esters is 1. The second kappa shape index (κ2) is 4.85. The number of fused-ring (bicyclic) bond motifs is 2. The molecule has 0 saturated heterocycles. The molecule has 0 aliphatic heterocycles. The SMILES string of the molecule is O=C(COC12CC3CC(CC(O)(C3)C1)C2)OC12CC3CC14CC(CC4C2)C3=O. The number of aliphatic hydroxyl groups is 1. The van der Waals surface area contributed by atoms with E-state index in [1.165, 1.54) is 6.42 Å². The molecule has 1 spiro atoms. The lowest BCUT2D eigenvalue weighted by atomic mass is 9.52. The number of carbonyl (C=O) groups excluding carboxylic acids is 2. The van der Waals surface area contributed by atoms with Gasteiger partial charge in [0.2, 0.25) is 0 Å². The van der Waals surface area contributed by atoms with Crippen molar-refractivity contribution in [1.29, 1.82) is 0 Å². The van der Waals surface area contributed by atoms with E-state index < -0.39 is 5.60 Å². The van der Waals surface area contributed by atoms with Crippen LogP contribution in [0.2, 0.25) is 0 Å². The van der Waals surface area contributed by atoms with Crippen LogP contribution in [0.4, 0.5) is 0 Å². The summed E-state index contributed by atoms with van der Waals surface area (Å²) in [6.07, 6.45) is 10.3. The number of ether oxygens (including phenoxy) is 2. The van der Waals surface area contributed by atoms with Gasteiger partial charge in [0.05, 0.1) is 11.2 Å². The van der Waals surface area contributed by atoms with Crippen LogP contribution in [0.25, 0.3) is 0 Å². The maximum absolute atomic E-state index is 12.8. The average molecular weight is 386 g/mol. The summed E-state index contributed by atoms with van der Waals surface area (Å²) < 4.78 is 12.4. The highest BCUT2D eigenvalue weighted by Gasteiger charge is 2.78. The highest BCUT2D eigenvalue weighted by atomic mass is 16.6. The lowest BCUT2D eigenvalue weighted by Gasteiger charge is -2.60. The van der Waals surface area contributed by atoms with Gasteiger partial charge >= 0.3 is 5.97 Å². The normalized spacial score (nSPS) is 59.5. The molecule has 0 aromatic rings. The molecule has 0 radical (unpaired) electrons. The summed E-state index contributed by atoms with van der Waals surface area (Å²) in [6.45, 7) is 0.0000579. The van der Waals surface area contributed by atoms with Crippen molar-refractivity contribution >= 4 is 11.8 Å². The molecule has 7 bridgehead atoms. The fourth-order valence-electron chi connectivity index (χ4n) is 9.89. The highest BCUT2D eigenvalue weighted by molar-refractivity contribution is 5.87. The molecule has 0 heterocycles. The molecule has 8 rings (SSSR count). The molecule has 0 amide bonds. The number of rotatable bonds is 4. The van der Waals surface area contributed by atoms with E-state index >= 15 is 0 Å². The van der Waals surface area contributed by atoms with E-state index in [9.17, 15) is 14.7 Å². The van der Waals surface area contributed by atoms with Gasteiger partial charge in [0.1, 0.15) is 18.0 Å². The van der Waals surface area contributed by atoms with E-state index in [1.807, 2.05) is 0 Å². The Labute approximate surface area is 165 Å². The van der Waals surface area contributed by atoms with Gasteiger partial charge in [0, 0.05) is 23.7 Å². The van der Waals surface area contributed by atoms with Gasteiger partial charge in [-0.2, -0.15) is 0 Å². The van der Waals surface area contributed by atoms with Gasteiger partial charge in [0.15, 0.2) is 0 Å². The van der Waals surface area contributed by atoms with E-state index in [1.54, 1.807) is 0 Å². The van der Waals surface area contributed by atoms with Crippen molar-refractivity contribution in [3.8, 4) is 0 Å². The first-order chi connectivity index (χ1) is 13.3. The predicted octanol–water partition coefficient (Wildman–Crippen LogP) is 2.78. The van der Waals surface area contributed by atoms with Gasteiger partial charge in [-0.15, -0.1) is 0 Å². The minimum Gasteiger partial charge on any atom is -0.457 e. The maximum Gasteiger partial charge on any atom is 0.332 e. The summed E-state index contributed by atoms with van der Waals surface area (Å²) in [5.41, 5.74) is -1.18. The minimum absolute atomic E-state index is 0.0000579. The van der Waals surface area contributed by atoms with E-state index in [0.29, 0.717) is 30.0 Å². The van der Waals surface area contributed by atoms with Crippen LogP contribution in [0, 0.1) is 35.0 Å². The van der Waals surface area contributed by atoms with Crippen molar-refractivity contribution in [2.75, 3.05) is 6.61 Å². The Hall–Kier alpha value is -0.940. The Bertz CT molecular complexity index is 772. The molecule has 5 heteroatoms. The van der Waals surface area contributed by atoms with E-state index in [0.717, 1.165) is 57.8 Å². The van der Waals surface area contributed by atoms with Crippen molar-refractivity contribution in [3.05, 3.63) is 0 Å². The number of hydrogen-bond acceptors (Lipinski definition) is 5. The third-order valence-electron chi connectivity index (χ3n) is 10.2. The van der Waals surface area contributed by atoms with Crippen LogP contribution in [0.3, 0.4) is 0 Å². The monoisotopic (exact) mass is 386 g/mol. The predicted molar refractivity (Wildman–Crippen MR) is 98.1 cm³/mol. The molecule has 0 aromatic heterocycles. The van der Waals surface area contributed by atoms with Gasteiger partial charge in [0.25, 0.3) is 0 Å². The Kier molecular flexibility index (Phi) is 2.92. The van der Waals surface area contributed by atoms with Crippen molar-refractivity contribution in [3.63, 3.8) is 0 Å². The largest absolute Gasteiger partial charge is 0.457 e. The molecule has 8 aliphatic rings. The zero-order valence-corrected chi connectivity index (χ0v) is 16.5. The molecule has 28 heavy (non-hydrogen) atoms. The third-order valence-corrected chi connectivity index (χ3v) is 10.2. The summed E-state index contributed by atoms with van der Waals surface area (Å²) in [5.74, 6) is 2.21. The van der Waals surface area contributed by atoms with Gasteiger partial charge in [-0.25, -0.2) is 4.79 Å². The number of ketones is 1. The molecule has 0 aromatic carbocycles. The van der Waals surface area contributed by atoms with Crippen LogP contribution < -0.4 is 0 Å². The lowest BCUT2D eigenvalue weighted by Crippen LogP contribution is -2.61. The van der Waals surface area contributed by atoms with Crippen molar-refractivity contribution in [1.82, 2.24) is 0 Å². The van der Waals surface area contributed by atoms with Gasteiger partial charge < -0.3 is 14.6 Å². The zero-order valence-electron chi connectivity index (χ0n) is 16.5. The highest BCUT2D eigenvalue weighted by Crippen LogP contribution is 2.77. The van der Waals surface area contributed by atoms with Crippen LogP contribution in [0.5, 0.6) is 0 Å². The van der Waals surface area contributed by atoms with Gasteiger partial charge in [-0.1, -0.05) is 0 Å². The molecule has 7 unspecified atom stereocenters. The van der Waals surface area contributed by atoms with E-state index in [2.05, 4.69) is 0 Å². The molecule has 7 atom stereocenters. The van der Waals surface area contributed by atoms with Crippen molar-refractivity contribution in [2.45, 2.75) is 87.4 Å². The fraction of sp³-hybridized carbons (Fsp3) is 0.913. The number of carbonyl (C=O) groups is 2. The fourth-order valence-corrected chi connectivity index (χ4v) is 9.89. The first-order valence-electron chi connectivity index (χ1n) is 11.4. The standard InChI is InChI=1S/C23H30O5/c24-18(11-27-21-5-13-1-14(6-21)4-20(26,3-13)12-21)28-23-9-16-8-22(23)7-15(19(16)25)2-17(22)10-23/h13-17,26H,1-12H2. The third kappa shape index (κ3) is 1.91. The summed E-state index contributed by atoms with van der Waals surface area (Å²) in [6, 6.07) is 0. The molecule has 152 valence electrons. The summed E-state index contributed by atoms with van der Waals surface area (Å²) in [7, 11) is 0. The second-order valence-electron chi connectivity index (χ2n) is 11.8.